The molecule has 6 nitrogen and oxygen atoms in total. The van der Waals surface area contributed by atoms with Gasteiger partial charge < -0.3 is 24.8 Å². The number of carbonyl (C=O) groups excluding carboxylic acids is 1. The van der Waals surface area contributed by atoms with Gasteiger partial charge in [-0.25, -0.2) is 4.79 Å². The number of aryl methyl sites for hydroxylation is 1. The molecule has 180 valence electrons. The molecule has 3 aromatic rings. The van der Waals surface area contributed by atoms with Crippen molar-refractivity contribution >= 4 is 29.0 Å². The predicted octanol–water partition coefficient (Wildman–Crippen LogP) is 5.08. The zero-order chi connectivity index (χ0) is 24.8. The summed E-state index contributed by atoms with van der Waals surface area (Å²) in [5.41, 5.74) is 4.95. The number of nitrogens with one attached hydrogen (secondary N) is 2. The van der Waals surface area contributed by atoms with Gasteiger partial charge in [0.05, 0.1) is 31.0 Å². The molecule has 0 saturated carbocycles. The van der Waals surface area contributed by atoms with Crippen LogP contribution in [0.2, 0.25) is 0 Å². The number of carbonyl (C=O) groups is 1. The van der Waals surface area contributed by atoms with Crippen LogP contribution in [0, 0.1) is 6.92 Å². The Kier molecular flexibility index (Phi) is 7.67. The van der Waals surface area contributed by atoms with Crippen molar-refractivity contribution in [2.45, 2.75) is 26.5 Å². The first kappa shape index (κ1) is 24.3. The summed E-state index contributed by atoms with van der Waals surface area (Å²) in [6.45, 7) is 4.86. The van der Waals surface area contributed by atoms with Gasteiger partial charge in [0.1, 0.15) is 6.61 Å². The van der Waals surface area contributed by atoms with Crippen LogP contribution in [-0.4, -0.2) is 24.8 Å². The molecule has 2 N–H and O–H groups in total. The Morgan fingerprint density at radius 3 is 2.40 bits per heavy atom. The number of hydrogen-bond acceptors (Lipinski definition) is 5. The Bertz CT molecular complexity index is 1240. The number of rotatable bonds is 8. The number of hydrogen-bond donors (Lipinski definition) is 2. The zero-order valence-corrected chi connectivity index (χ0v) is 20.8. The van der Waals surface area contributed by atoms with Crippen molar-refractivity contribution in [3.8, 4) is 11.5 Å². The van der Waals surface area contributed by atoms with Crippen molar-refractivity contribution in [3.05, 3.63) is 101 Å². The minimum Gasteiger partial charge on any atom is -0.490 e. The van der Waals surface area contributed by atoms with E-state index in [1.807, 2.05) is 67.6 Å². The highest BCUT2D eigenvalue weighted by Crippen LogP contribution is 2.37. The van der Waals surface area contributed by atoms with Crippen molar-refractivity contribution in [1.29, 1.82) is 0 Å². The molecule has 0 spiro atoms. The lowest BCUT2D eigenvalue weighted by molar-refractivity contribution is -0.136. The average molecular weight is 489 g/mol. The molecule has 7 heteroatoms. The lowest BCUT2D eigenvalue weighted by atomic mass is 9.92. The maximum atomic E-state index is 12.9. The largest absolute Gasteiger partial charge is 0.490 e. The number of benzene rings is 3. The molecule has 3 aromatic carbocycles. The van der Waals surface area contributed by atoms with Crippen LogP contribution in [-0.2, 0) is 16.1 Å². The number of esters is 1. The standard InChI is InChI=1S/C28H28N2O4S/c1-4-33-23-16-21(14-15-22(23)34-17-19-12-10-18(2)11-13-19)26-24(27(31)32-3)25(29-28(35)30-26)20-8-6-5-7-9-20/h5-16,26H,4,17H2,1-3H3,(H2,29,30,35)/t26-/m1/s1. The van der Waals surface area contributed by atoms with E-state index in [0.717, 1.165) is 16.7 Å². The van der Waals surface area contributed by atoms with Crippen LogP contribution in [0.3, 0.4) is 0 Å². The van der Waals surface area contributed by atoms with Gasteiger partial charge in [-0.05, 0) is 54.9 Å². The summed E-state index contributed by atoms with van der Waals surface area (Å²) in [4.78, 5) is 12.9. The van der Waals surface area contributed by atoms with E-state index in [4.69, 9.17) is 26.4 Å². The van der Waals surface area contributed by atoms with Gasteiger partial charge in [-0.15, -0.1) is 0 Å². The topological polar surface area (TPSA) is 68.8 Å². The molecule has 1 aliphatic rings. The van der Waals surface area contributed by atoms with E-state index in [-0.39, 0.29) is 0 Å². The lowest BCUT2D eigenvalue weighted by Crippen LogP contribution is -2.45. The molecular formula is C28H28N2O4S. The predicted molar refractivity (Wildman–Crippen MR) is 140 cm³/mol. The summed E-state index contributed by atoms with van der Waals surface area (Å²) in [7, 11) is 1.37. The molecule has 35 heavy (non-hydrogen) atoms. The number of ether oxygens (including phenoxy) is 3. The second-order valence-corrected chi connectivity index (χ2v) is 8.50. The fraction of sp³-hybridized carbons (Fsp3) is 0.214. The van der Waals surface area contributed by atoms with Crippen LogP contribution in [0.15, 0.2) is 78.4 Å². The number of methoxy groups -OCH3 is 1. The zero-order valence-electron chi connectivity index (χ0n) is 20.0. The second kappa shape index (κ2) is 11.1. The highest BCUT2D eigenvalue weighted by molar-refractivity contribution is 7.80. The van der Waals surface area contributed by atoms with Crippen LogP contribution in [0.5, 0.6) is 11.5 Å². The van der Waals surface area contributed by atoms with E-state index < -0.39 is 12.0 Å². The Hall–Kier alpha value is -3.84. The fourth-order valence-corrected chi connectivity index (χ4v) is 4.13. The molecular weight excluding hydrogens is 460 g/mol. The first-order chi connectivity index (χ1) is 17.0. The average Bonchev–Trinajstić information content (AvgIpc) is 2.88. The van der Waals surface area contributed by atoms with E-state index in [2.05, 4.69) is 29.7 Å². The Labute approximate surface area is 210 Å². The molecule has 0 fully saturated rings. The first-order valence-corrected chi connectivity index (χ1v) is 11.8. The third kappa shape index (κ3) is 5.63. The molecule has 0 radical (unpaired) electrons. The molecule has 0 bridgehead atoms. The van der Waals surface area contributed by atoms with Gasteiger partial charge in [-0.3, -0.25) is 0 Å². The van der Waals surface area contributed by atoms with E-state index in [9.17, 15) is 4.79 Å². The highest BCUT2D eigenvalue weighted by Gasteiger charge is 2.33. The first-order valence-electron chi connectivity index (χ1n) is 11.4. The van der Waals surface area contributed by atoms with Crippen molar-refractivity contribution in [3.63, 3.8) is 0 Å². The molecule has 0 aromatic heterocycles. The summed E-state index contributed by atoms with van der Waals surface area (Å²) in [6.07, 6.45) is 0. The third-order valence-corrected chi connectivity index (χ3v) is 5.88. The Balaban J connectivity index is 1.71. The Morgan fingerprint density at radius 2 is 1.71 bits per heavy atom. The smallest absolute Gasteiger partial charge is 0.338 e. The normalized spacial score (nSPS) is 15.2. The summed E-state index contributed by atoms with van der Waals surface area (Å²) in [6, 6.07) is 22.9. The van der Waals surface area contributed by atoms with Crippen LogP contribution in [0.25, 0.3) is 5.70 Å². The maximum Gasteiger partial charge on any atom is 0.338 e. The number of thiocarbonyl (C=S) groups is 1. The van der Waals surface area contributed by atoms with Gasteiger partial charge in [0.15, 0.2) is 16.6 Å². The summed E-state index contributed by atoms with van der Waals surface area (Å²) in [5, 5.41) is 6.77. The van der Waals surface area contributed by atoms with E-state index in [1.165, 1.54) is 12.7 Å². The summed E-state index contributed by atoms with van der Waals surface area (Å²) < 4.78 is 17.1. The SMILES string of the molecule is CCOc1cc([C@H]2NC(=S)NC(c3ccccc3)=C2C(=O)OC)ccc1OCc1ccc(C)cc1. The molecule has 0 saturated heterocycles. The van der Waals surface area contributed by atoms with Crippen molar-refractivity contribution < 1.29 is 19.0 Å². The van der Waals surface area contributed by atoms with Gasteiger partial charge in [-0.1, -0.05) is 66.2 Å². The minimum atomic E-state index is -0.531. The molecule has 4 rings (SSSR count). The molecule has 1 heterocycles. The van der Waals surface area contributed by atoms with Crippen LogP contribution < -0.4 is 20.1 Å². The maximum absolute atomic E-state index is 12.9. The van der Waals surface area contributed by atoms with E-state index >= 15 is 0 Å². The third-order valence-electron chi connectivity index (χ3n) is 5.66. The Morgan fingerprint density at radius 1 is 0.971 bits per heavy atom. The van der Waals surface area contributed by atoms with E-state index in [1.54, 1.807) is 0 Å². The molecule has 1 atom stereocenters. The van der Waals surface area contributed by atoms with Gasteiger partial charge in [0.25, 0.3) is 0 Å². The summed E-state index contributed by atoms with van der Waals surface area (Å²) >= 11 is 5.49. The van der Waals surface area contributed by atoms with Crippen molar-refractivity contribution in [2.24, 2.45) is 0 Å². The fourth-order valence-electron chi connectivity index (χ4n) is 3.91. The van der Waals surface area contributed by atoms with Gasteiger partial charge >= 0.3 is 5.97 Å². The molecule has 0 aliphatic carbocycles. The van der Waals surface area contributed by atoms with E-state index in [0.29, 0.717) is 41.1 Å². The van der Waals surface area contributed by atoms with Crippen LogP contribution >= 0.6 is 12.2 Å². The second-order valence-electron chi connectivity index (χ2n) is 8.09. The van der Waals surface area contributed by atoms with Gasteiger partial charge in [0, 0.05) is 0 Å². The molecule has 0 amide bonds. The highest BCUT2D eigenvalue weighted by atomic mass is 32.1. The minimum absolute atomic E-state index is 0.416. The van der Waals surface area contributed by atoms with Crippen LogP contribution in [0.1, 0.15) is 35.2 Å². The monoisotopic (exact) mass is 488 g/mol. The van der Waals surface area contributed by atoms with Crippen LogP contribution in [0.4, 0.5) is 0 Å². The quantitative estimate of drug-likeness (QED) is 0.339. The van der Waals surface area contributed by atoms with Crippen molar-refractivity contribution in [2.75, 3.05) is 13.7 Å². The van der Waals surface area contributed by atoms with Gasteiger partial charge in [0.2, 0.25) is 0 Å². The molecule has 0 unspecified atom stereocenters. The summed E-state index contributed by atoms with van der Waals surface area (Å²) in [5.74, 6) is 0.766. The van der Waals surface area contributed by atoms with Gasteiger partial charge in [-0.2, -0.15) is 0 Å². The lowest BCUT2D eigenvalue weighted by Gasteiger charge is -2.31. The van der Waals surface area contributed by atoms with Crippen molar-refractivity contribution in [1.82, 2.24) is 10.6 Å². The molecule has 1 aliphatic heterocycles.